The number of carbonyl (C=O) groups excluding carboxylic acids is 2. The maximum Gasteiger partial charge on any atom is 0.227 e. The van der Waals surface area contributed by atoms with E-state index in [4.69, 9.17) is 0 Å². The van der Waals surface area contributed by atoms with E-state index < -0.39 is 5.41 Å². The van der Waals surface area contributed by atoms with Crippen LogP contribution in [0.5, 0.6) is 0 Å². The third-order valence-electron chi connectivity index (χ3n) is 6.11. The molecule has 4 atom stereocenters. The van der Waals surface area contributed by atoms with Gasteiger partial charge in [-0.2, -0.15) is 0 Å². The largest absolute Gasteiger partial charge is 0.346 e. The summed E-state index contributed by atoms with van der Waals surface area (Å²) in [7, 11) is 0. The van der Waals surface area contributed by atoms with Crippen LogP contribution < -0.4 is 5.32 Å². The molecule has 142 valence electrons. The lowest BCUT2D eigenvalue weighted by atomic mass is 9.93. The number of carbonyl (C=O) groups is 2. The van der Waals surface area contributed by atoms with Gasteiger partial charge in [-0.3, -0.25) is 9.59 Å². The first-order valence-corrected chi connectivity index (χ1v) is 9.83. The summed E-state index contributed by atoms with van der Waals surface area (Å²) in [5, 5.41) is 3.02. The average molecular weight is 364 g/mol. The minimum atomic E-state index is -0.421. The van der Waals surface area contributed by atoms with Crippen LogP contribution in [0, 0.1) is 11.3 Å². The fourth-order valence-electron chi connectivity index (χ4n) is 3.83. The van der Waals surface area contributed by atoms with Crippen LogP contribution >= 0.6 is 0 Å². The van der Waals surface area contributed by atoms with Crippen molar-refractivity contribution in [2.24, 2.45) is 11.3 Å². The number of nitrogens with one attached hydrogen (secondary N) is 1. The molecule has 0 spiro atoms. The van der Waals surface area contributed by atoms with Crippen molar-refractivity contribution in [3.8, 4) is 11.1 Å². The molecule has 0 aliphatic heterocycles. The van der Waals surface area contributed by atoms with E-state index in [0.29, 0.717) is 0 Å². The Kier molecular flexibility index (Phi) is 5.50. The monoisotopic (exact) mass is 363 g/mol. The molecule has 0 saturated heterocycles. The second kappa shape index (κ2) is 7.67. The molecule has 0 radical (unpaired) electrons. The molecule has 1 aliphatic rings. The van der Waals surface area contributed by atoms with Gasteiger partial charge in [0.25, 0.3) is 0 Å². The van der Waals surface area contributed by atoms with E-state index in [1.54, 1.807) is 6.92 Å². The minimum absolute atomic E-state index is 0.000126. The first kappa shape index (κ1) is 19.3. The first-order valence-electron chi connectivity index (χ1n) is 9.83. The molecule has 0 aromatic heterocycles. The van der Waals surface area contributed by atoms with E-state index in [0.717, 1.165) is 12.8 Å². The molecule has 3 nitrogen and oxygen atoms in total. The van der Waals surface area contributed by atoms with E-state index in [9.17, 15) is 9.59 Å². The SMILES string of the molecule is CCC(C)[C@H](NC(=O)C1(C)CC1c1ccc(-c2ccccc2)cc1)C(C)=O. The number of ketones is 1. The molecule has 1 aliphatic carbocycles. The Morgan fingerprint density at radius 1 is 1.07 bits per heavy atom. The third kappa shape index (κ3) is 3.97. The quantitative estimate of drug-likeness (QED) is 0.755. The van der Waals surface area contributed by atoms with Crippen LogP contribution in [0.15, 0.2) is 54.6 Å². The molecule has 27 heavy (non-hydrogen) atoms. The van der Waals surface area contributed by atoms with Gasteiger partial charge in [0, 0.05) is 0 Å². The standard InChI is InChI=1S/C24H29NO2/c1-5-16(2)22(17(3)26)25-23(27)24(4)15-21(24)20-13-11-19(12-14-20)18-9-7-6-8-10-18/h6-14,16,21-22H,5,15H2,1-4H3,(H,25,27)/t16?,21?,22-,24?/m0/s1. The zero-order valence-corrected chi connectivity index (χ0v) is 16.7. The summed E-state index contributed by atoms with van der Waals surface area (Å²) >= 11 is 0. The smallest absolute Gasteiger partial charge is 0.227 e. The van der Waals surface area contributed by atoms with Gasteiger partial charge in [-0.05, 0) is 41.9 Å². The van der Waals surface area contributed by atoms with Gasteiger partial charge in [0.05, 0.1) is 11.5 Å². The lowest BCUT2D eigenvalue weighted by Gasteiger charge is -2.24. The van der Waals surface area contributed by atoms with Gasteiger partial charge in [-0.1, -0.05) is 81.8 Å². The Labute approximate surface area is 162 Å². The van der Waals surface area contributed by atoms with E-state index in [2.05, 4.69) is 41.7 Å². The molecule has 1 fully saturated rings. The summed E-state index contributed by atoms with van der Waals surface area (Å²) in [4.78, 5) is 24.8. The highest BCUT2D eigenvalue weighted by atomic mass is 16.2. The number of hydrogen-bond donors (Lipinski definition) is 1. The van der Waals surface area contributed by atoms with Gasteiger partial charge in [-0.15, -0.1) is 0 Å². The fraction of sp³-hybridized carbons (Fsp3) is 0.417. The summed E-state index contributed by atoms with van der Waals surface area (Å²) in [5.41, 5.74) is 3.14. The minimum Gasteiger partial charge on any atom is -0.346 e. The summed E-state index contributed by atoms with van der Waals surface area (Å²) in [6.07, 6.45) is 1.69. The highest BCUT2D eigenvalue weighted by Crippen LogP contribution is 2.59. The molecule has 0 heterocycles. The van der Waals surface area contributed by atoms with Crippen LogP contribution in [0.2, 0.25) is 0 Å². The van der Waals surface area contributed by atoms with Crippen molar-refractivity contribution in [3.63, 3.8) is 0 Å². The van der Waals surface area contributed by atoms with Gasteiger partial charge in [0.1, 0.15) is 0 Å². The van der Waals surface area contributed by atoms with E-state index in [1.165, 1.54) is 16.7 Å². The van der Waals surface area contributed by atoms with Crippen LogP contribution in [0.3, 0.4) is 0 Å². The van der Waals surface area contributed by atoms with Crippen LogP contribution in [0.1, 0.15) is 52.0 Å². The molecular weight excluding hydrogens is 334 g/mol. The number of hydrogen-bond acceptors (Lipinski definition) is 2. The highest BCUT2D eigenvalue weighted by Gasteiger charge is 2.57. The van der Waals surface area contributed by atoms with E-state index in [1.807, 2.05) is 39.0 Å². The molecule has 2 aromatic carbocycles. The van der Waals surface area contributed by atoms with Crippen molar-refractivity contribution < 1.29 is 9.59 Å². The van der Waals surface area contributed by atoms with Crippen molar-refractivity contribution in [2.45, 2.75) is 52.5 Å². The fourth-order valence-corrected chi connectivity index (χ4v) is 3.83. The molecular formula is C24H29NO2. The first-order chi connectivity index (χ1) is 12.9. The van der Waals surface area contributed by atoms with Crippen molar-refractivity contribution >= 4 is 11.7 Å². The second-order valence-corrected chi connectivity index (χ2v) is 8.11. The molecule has 2 aromatic rings. The Balaban J connectivity index is 1.70. The zero-order valence-electron chi connectivity index (χ0n) is 16.7. The van der Waals surface area contributed by atoms with Gasteiger partial charge in [-0.25, -0.2) is 0 Å². The Morgan fingerprint density at radius 2 is 1.67 bits per heavy atom. The van der Waals surface area contributed by atoms with Gasteiger partial charge >= 0.3 is 0 Å². The lowest BCUT2D eigenvalue weighted by molar-refractivity contribution is -0.131. The van der Waals surface area contributed by atoms with Crippen LogP contribution in [-0.2, 0) is 9.59 Å². The van der Waals surface area contributed by atoms with Crippen molar-refractivity contribution in [1.82, 2.24) is 5.32 Å². The van der Waals surface area contributed by atoms with Crippen LogP contribution in [-0.4, -0.2) is 17.7 Å². The molecule has 1 saturated carbocycles. The number of benzene rings is 2. The van der Waals surface area contributed by atoms with Gasteiger partial charge < -0.3 is 5.32 Å². The normalized spacial score (nSPS) is 23.3. The predicted molar refractivity (Wildman–Crippen MR) is 109 cm³/mol. The summed E-state index contributed by atoms with van der Waals surface area (Å²) in [6, 6.07) is 18.4. The zero-order chi connectivity index (χ0) is 19.6. The molecule has 3 unspecified atom stereocenters. The van der Waals surface area contributed by atoms with E-state index in [-0.39, 0.29) is 29.6 Å². The second-order valence-electron chi connectivity index (χ2n) is 8.11. The predicted octanol–water partition coefficient (Wildman–Crippen LogP) is 4.97. The number of amides is 1. The Morgan fingerprint density at radius 3 is 2.22 bits per heavy atom. The third-order valence-corrected chi connectivity index (χ3v) is 6.11. The molecule has 3 heteroatoms. The van der Waals surface area contributed by atoms with Crippen LogP contribution in [0.4, 0.5) is 0 Å². The maximum atomic E-state index is 12.9. The van der Waals surface area contributed by atoms with Crippen molar-refractivity contribution in [1.29, 1.82) is 0 Å². The van der Waals surface area contributed by atoms with Crippen LogP contribution in [0.25, 0.3) is 11.1 Å². The summed E-state index contributed by atoms with van der Waals surface area (Å²) in [5.74, 6) is 0.398. The number of rotatable bonds is 7. The topological polar surface area (TPSA) is 46.2 Å². The molecule has 3 rings (SSSR count). The Hall–Kier alpha value is -2.42. The molecule has 0 bridgehead atoms. The van der Waals surface area contributed by atoms with E-state index >= 15 is 0 Å². The highest BCUT2D eigenvalue weighted by molar-refractivity contribution is 5.92. The summed E-state index contributed by atoms with van der Waals surface area (Å²) < 4.78 is 0. The molecule has 1 amide bonds. The van der Waals surface area contributed by atoms with Gasteiger partial charge in [0.2, 0.25) is 5.91 Å². The maximum absolute atomic E-state index is 12.9. The Bertz CT molecular complexity index is 812. The molecule has 1 N–H and O–H groups in total. The van der Waals surface area contributed by atoms with Gasteiger partial charge in [0.15, 0.2) is 5.78 Å². The lowest BCUT2D eigenvalue weighted by Crippen LogP contribution is -2.46. The average Bonchev–Trinajstić information content (AvgIpc) is 3.39. The van der Waals surface area contributed by atoms with Crippen molar-refractivity contribution in [3.05, 3.63) is 60.2 Å². The van der Waals surface area contributed by atoms with Crippen molar-refractivity contribution in [2.75, 3.05) is 0 Å². The summed E-state index contributed by atoms with van der Waals surface area (Å²) in [6.45, 7) is 7.63. The number of Topliss-reactive ketones (excluding diaryl/α,β-unsaturated/α-hetero) is 1.